The van der Waals surface area contributed by atoms with Gasteiger partial charge in [0.15, 0.2) is 0 Å². The Morgan fingerprint density at radius 2 is 0.500 bits per heavy atom. The molecule has 4 heteroatoms. The van der Waals surface area contributed by atoms with Gasteiger partial charge >= 0.3 is 0 Å². The second-order valence-electron chi connectivity index (χ2n) is 17.7. The third-order valence-electron chi connectivity index (χ3n) is 13.7. The van der Waals surface area contributed by atoms with E-state index < -0.39 is 0 Å². The van der Waals surface area contributed by atoms with Crippen molar-refractivity contribution in [3.63, 3.8) is 0 Å². The molecule has 0 unspecified atom stereocenters. The molecule has 0 radical (unpaired) electrons. The van der Waals surface area contributed by atoms with Crippen LogP contribution in [0.1, 0.15) is 0 Å². The van der Waals surface area contributed by atoms with Gasteiger partial charge in [-0.15, -0.1) is 0 Å². The van der Waals surface area contributed by atoms with Gasteiger partial charge in [0, 0.05) is 44.7 Å². The summed E-state index contributed by atoms with van der Waals surface area (Å²) in [6.07, 6.45) is 3.59. The van der Waals surface area contributed by atoms with Gasteiger partial charge in [-0.25, -0.2) is 0 Å². The Balaban J connectivity index is 0.831. The Morgan fingerprint density at radius 3 is 0.868 bits per heavy atom. The fourth-order valence-corrected chi connectivity index (χ4v) is 10.4. The molecule has 14 rings (SSSR count). The van der Waals surface area contributed by atoms with Crippen molar-refractivity contribution in [2.75, 3.05) is 0 Å². The first-order chi connectivity index (χ1) is 33.6. The number of nitrogens with zero attached hydrogens (tertiary/aromatic N) is 2. The Hall–Kier alpha value is -9.12. The van der Waals surface area contributed by atoms with Crippen molar-refractivity contribution in [2.45, 2.75) is 0 Å². The summed E-state index contributed by atoms with van der Waals surface area (Å²) in [6.45, 7) is 0. The topological polar surface area (TPSA) is 52.1 Å². The number of hydrogen-bond donors (Lipinski definition) is 0. The lowest BCUT2D eigenvalue weighted by molar-refractivity contribution is 0.668. The molecule has 0 aliphatic heterocycles. The fourth-order valence-electron chi connectivity index (χ4n) is 10.4. The average molecular weight is 867 g/mol. The maximum absolute atomic E-state index is 6.13. The van der Waals surface area contributed by atoms with Crippen LogP contribution in [-0.4, -0.2) is 9.97 Å². The molecule has 0 saturated heterocycles. The molecular weight excluding hydrogens is 829 g/mol. The zero-order chi connectivity index (χ0) is 44.7. The SMILES string of the molecule is c1cc(-c2cccc(-c3ccc4c(c3)c3cc(-c5cccc(-c6cccc(-c7ccc8oc9ccccc9c8c7)c6)c5)ccc3c3nccnc43)c2)cc(-c2ccc3oc4ccccc4c3c2)c1. The van der Waals surface area contributed by atoms with Crippen LogP contribution < -0.4 is 0 Å². The lowest BCUT2D eigenvalue weighted by atomic mass is 9.91. The molecule has 0 spiro atoms. The first-order valence-electron chi connectivity index (χ1n) is 23.0. The molecule has 0 aliphatic carbocycles. The Morgan fingerprint density at radius 1 is 0.206 bits per heavy atom. The van der Waals surface area contributed by atoms with Crippen LogP contribution in [0.25, 0.3) is 143 Å². The first-order valence-corrected chi connectivity index (χ1v) is 23.0. The van der Waals surface area contributed by atoms with Crippen molar-refractivity contribution < 1.29 is 8.83 Å². The van der Waals surface area contributed by atoms with Gasteiger partial charge in [-0.3, -0.25) is 9.97 Å². The minimum Gasteiger partial charge on any atom is -0.456 e. The van der Waals surface area contributed by atoms with Crippen molar-refractivity contribution in [3.05, 3.63) is 231 Å². The summed E-state index contributed by atoms with van der Waals surface area (Å²) in [5.41, 5.74) is 19.3. The molecular formula is C64H38N2O2. The van der Waals surface area contributed by atoms with Gasteiger partial charge in [0.2, 0.25) is 0 Å². The second kappa shape index (κ2) is 15.2. The summed E-state index contributed by atoms with van der Waals surface area (Å²) in [7, 11) is 0. The molecule has 14 aromatic rings. The number of rotatable bonds is 6. The van der Waals surface area contributed by atoms with Crippen LogP contribution in [0.3, 0.4) is 0 Å². The fraction of sp³-hybridized carbons (Fsp3) is 0. The Bertz CT molecular complexity index is 4070. The zero-order valence-corrected chi connectivity index (χ0v) is 36.7. The van der Waals surface area contributed by atoms with Gasteiger partial charge in [-0.2, -0.15) is 0 Å². The van der Waals surface area contributed by atoms with Crippen LogP contribution in [0, 0.1) is 0 Å². The van der Waals surface area contributed by atoms with Crippen LogP contribution in [-0.2, 0) is 0 Å². The molecule has 0 saturated carbocycles. The van der Waals surface area contributed by atoms with E-state index in [1.165, 1.54) is 0 Å². The van der Waals surface area contributed by atoms with Gasteiger partial charge in [0.05, 0.1) is 11.0 Å². The van der Waals surface area contributed by atoms with Gasteiger partial charge in [0.25, 0.3) is 0 Å². The minimum atomic E-state index is 0.903. The molecule has 0 aliphatic rings. The highest BCUT2D eigenvalue weighted by Crippen LogP contribution is 2.40. The van der Waals surface area contributed by atoms with E-state index in [9.17, 15) is 0 Å². The summed E-state index contributed by atoms with van der Waals surface area (Å²) in [5, 5.41) is 8.99. The average Bonchev–Trinajstić information content (AvgIpc) is 3.98. The van der Waals surface area contributed by atoms with E-state index in [0.29, 0.717) is 0 Å². The number of furan rings is 2. The molecule has 0 amide bonds. The van der Waals surface area contributed by atoms with Crippen molar-refractivity contribution in [1.29, 1.82) is 0 Å². The highest BCUT2D eigenvalue weighted by molar-refractivity contribution is 6.24. The maximum Gasteiger partial charge on any atom is 0.135 e. The highest BCUT2D eigenvalue weighted by Gasteiger charge is 2.16. The smallest absolute Gasteiger partial charge is 0.135 e. The lowest BCUT2D eigenvalue weighted by Crippen LogP contribution is -1.90. The molecule has 3 aromatic heterocycles. The highest BCUT2D eigenvalue weighted by atomic mass is 16.3. The molecule has 3 heterocycles. The summed E-state index contributed by atoms with van der Waals surface area (Å²) in [5.74, 6) is 0. The van der Waals surface area contributed by atoms with E-state index in [1.54, 1.807) is 12.4 Å². The third-order valence-corrected chi connectivity index (χ3v) is 13.7. The van der Waals surface area contributed by atoms with E-state index in [1.807, 2.05) is 24.3 Å². The lowest BCUT2D eigenvalue weighted by Gasteiger charge is -2.13. The van der Waals surface area contributed by atoms with E-state index >= 15 is 0 Å². The first kappa shape index (κ1) is 38.2. The van der Waals surface area contributed by atoms with E-state index in [2.05, 4.69) is 194 Å². The predicted octanol–water partition coefficient (Wildman–Crippen LogP) is 17.7. The summed E-state index contributed by atoms with van der Waals surface area (Å²) in [6, 6.07) is 78.4. The Kier molecular flexibility index (Phi) is 8.55. The molecule has 0 bridgehead atoms. The molecule has 11 aromatic carbocycles. The monoisotopic (exact) mass is 866 g/mol. The molecule has 68 heavy (non-hydrogen) atoms. The summed E-state index contributed by atoms with van der Waals surface area (Å²) >= 11 is 0. The molecule has 4 nitrogen and oxygen atoms in total. The van der Waals surface area contributed by atoms with Crippen LogP contribution in [0.4, 0.5) is 0 Å². The summed E-state index contributed by atoms with van der Waals surface area (Å²) in [4.78, 5) is 9.77. The van der Waals surface area contributed by atoms with Gasteiger partial charge in [-0.05, 0) is 150 Å². The van der Waals surface area contributed by atoms with Crippen LogP contribution in [0.15, 0.2) is 240 Å². The van der Waals surface area contributed by atoms with Crippen molar-refractivity contribution in [3.8, 4) is 66.8 Å². The number of fused-ring (bicyclic) bond motifs is 12. The second-order valence-corrected chi connectivity index (χ2v) is 17.7. The normalized spacial score (nSPS) is 11.8. The molecule has 0 N–H and O–H groups in total. The number of aromatic nitrogens is 2. The van der Waals surface area contributed by atoms with Crippen molar-refractivity contribution in [1.82, 2.24) is 9.97 Å². The standard InChI is InChI=1S/C64H38N2O2/c1-3-19-59-51(17-1)57-37-49(23-27-61(57)67-59)45-15-7-11-41(33-45)39-9-5-13-43(31-39)47-21-25-53-55(35-47)56-36-48(22-26-54(56)64-63(53)65-29-30-66-64)44-14-6-10-40(32-44)42-12-8-16-46(34-42)50-24-28-62-58(38-50)52-18-2-4-20-60(52)68-62/h1-38H. The van der Waals surface area contributed by atoms with E-state index in [0.717, 1.165) is 143 Å². The van der Waals surface area contributed by atoms with E-state index in [-0.39, 0.29) is 0 Å². The van der Waals surface area contributed by atoms with Crippen LogP contribution in [0.2, 0.25) is 0 Å². The van der Waals surface area contributed by atoms with Crippen molar-refractivity contribution in [2.24, 2.45) is 0 Å². The van der Waals surface area contributed by atoms with Gasteiger partial charge in [0.1, 0.15) is 22.3 Å². The van der Waals surface area contributed by atoms with Crippen LogP contribution >= 0.6 is 0 Å². The molecule has 0 atom stereocenters. The third kappa shape index (κ3) is 6.30. The summed E-state index contributed by atoms with van der Waals surface area (Å²) < 4.78 is 12.3. The number of hydrogen-bond acceptors (Lipinski definition) is 4. The van der Waals surface area contributed by atoms with Crippen molar-refractivity contribution >= 4 is 76.5 Å². The largest absolute Gasteiger partial charge is 0.456 e. The Labute approximate surface area is 391 Å². The molecule has 0 fully saturated rings. The predicted molar refractivity (Wildman–Crippen MR) is 282 cm³/mol. The minimum absolute atomic E-state index is 0.903. The molecule has 316 valence electrons. The zero-order valence-electron chi connectivity index (χ0n) is 36.7. The van der Waals surface area contributed by atoms with E-state index in [4.69, 9.17) is 18.8 Å². The number of benzene rings is 11. The quantitative estimate of drug-likeness (QED) is 0.156. The van der Waals surface area contributed by atoms with Gasteiger partial charge in [-0.1, -0.05) is 146 Å². The van der Waals surface area contributed by atoms with Gasteiger partial charge < -0.3 is 8.83 Å². The number of para-hydroxylation sites is 2. The maximum atomic E-state index is 6.13. The van der Waals surface area contributed by atoms with Crippen LogP contribution in [0.5, 0.6) is 0 Å².